The standard InChI is InChI=1S/4C10H14O.H3O3P/c4*1-10(2,3)8-6-4-5-7-9(8)11;1-4(2)3/h4*4-7,11H,1-3H3;1-3H. The van der Waals surface area contributed by atoms with Crippen LogP contribution in [0.3, 0.4) is 0 Å². The van der Waals surface area contributed by atoms with Crippen LogP contribution in [0.25, 0.3) is 0 Å². The van der Waals surface area contributed by atoms with E-state index in [1.807, 2.05) is 72.8 Å². The van der Waals surface area contributed by atoms with Crippen LogP contribution in [0.15, 0.2) is 97.1 Å². The Bertz CT molecular complexity index is 1260. The monoisotopic (exact) mass is 682 g/mol. The third-order valence-corrected chi connectivity index (χ3v) is 6.85. The molecule has 48 heavy (non-hydrogen) atoms. The Morgan fingerprint density at radius 2 is 0.438 bits per heavy atom. The summed E-state index contributed by atoms with van der Waals surface area (Å²) < 4.78 is 0. The quantitative estimate of drug-likeness (QED) is 0.0916. The molecule has 0 amide bonds. The third-order valence-electron chi connectivity index (χ3n) is 6.85. The molecule has 0 fully saturated rings. The van der Waals surface area contributed by atoms with E-state index in [1.54, 1.807) is 24.3 Å². The zero-order valence-corrected chi connectivity index (χ0v) is 31.7. The lowest BCUT2D eigenvalue weighted by Gasteiger charge is -2.19. The number of para-hydroxylation sites is 4. The molecule has 0 heterocycles. The van der Waals surface area contributed by atoms with Gasteiger partial charge in [0.05, 0.1) is 0 Å². The highest BCUT2D eigenvalue weighted by Crippen LogP contribution is 2.32. The van der Waals surface area contributed by atoms with Crippen molar-refractivity contribution in [2.45, 2.75) is 105 Å². The second kappa shape index (κ2) is 19.4. The summed E-state index contributed by atoms with van der Waals surface area (Å²) in [6, 6.07) is 29.8. The minimum Gasteiger partial charge on any atom is -0.508 e. The summed E-state index contributed by atoms with van der Waals surface area (Å²) in [4.78, 5) is 21.7. The molecule has 0 spiro atoms. The molecular formula is C40H59O7P. The van der Waals surface area contributed by atoms with Crippen LogP contribution in [0.5, 0.6) is 23.0 Å². The predicted molar refractivity (Wildman–Crippen MR) is 201 cm³/mol. The van der Waals surface area contributed by atoms with E-state index in [-0.39, 0.29) is 21.7 Å². The summed E-state index contributed by atoms with van der Waals surface area (Å²) in [7, 11) is -2.62. The van der Waals surface area contributed by atoms with Crippen LogP contribution in [-0.2, 0) is 21.7 Å². The van der Waals surface area contributed by atoms with Gasteiger partial charge >= 0.3 is 8.60 Å². The fourth-order valence-electron chi connectivity index (χ4n) is 4.43. The number of hydrogen-bond acceptors (Lipinski definition) is 7. The predicted octanol–water partition coefficient (Wildman–Crippen LogP) is 9.95. The van der Waals surface area contributed by atoms with E-state index in [1.165, 1.54) is 0 Å². The first kappa shape index (κ1) is 44.4. The Kier molecular flexibility index (Phi) is 17.9. The Balaban J connectivity index is 0.000000591. The van der Waals surface area contributed by atoms with Crippen LogP contribution in [0.4, 0.5) is 0 Å². The molecule has 7 nitrogen and oxygen atoms in total. The van der Waals surface area contributed by atoms with Crippen molar-refractivity contribution in [1.82, 2.24) is 0 Å². The van der Waals surface area contributed by atoms with Crippen LogP contribution in [-0.4, -0.2) is 35.1 Å². The van der Waals surface area contributed by atoms with E-state index < -0.39 is 8.60 Å². The zero-order valence-electron chi connectivity index (χ0n) is 30.8. The molecular weight excluding hydrogens is 623 g/mol. The molecule has 8 heteroatoms. The highest BCUT2D eigenvalue weighted by molar-refractivity contribution is 7.38. The van der Waals surface area contributed by atoms with E-state index in [4.69, 9.17) is 14.7 Å². The van der Waals surface area contributed by atoms with Gasteiger partial charge in [-0.15, -0.1) is 0 Å². The Hall–Kier alpha value is -3.61. The van der Waals surface area contributed by atoms with Crippen molar-refractivity contribution in [3.8, 4) is 23.0 Å². The van der Waals surface area contributed by atoms with Crippen molar-refractivity contribution in [3.05, 3.63) is 119 Å². The van der Waals surface area contributed by atoms with Crippen molar-refractivity contribution < 1.29 is 35.1 Å². The van der Waals surface area contributed by atoms with Gasteiger partial charge < -0.3 is 35.1 Å². The lowest BCUT2D eigenvalue weighted by Crippen LogP contribution is -2.10. The smallest absolute Gasteiger partial charge is 0.324 e. The van der Waals surface area contributed by atoms with Crippen LogP contribution < -0.4 is 0 Å². The van der Waals surface area contributed by atoms with Gasteiger partial charge in [0.1, 0.15) is 23.0 Å². The summed E-state index contributed by atoms with van der Waals surface area (Å²) in [6.07, 6.45) is 0. The molecule has 0 aliphatic rings. The summed E-state index contributed by atoms with van der Waals surface area (Å²) in [5.74, 6) is 1.56. The van der Waals surface area contributed by atoms with Crippen LogP contribution in [0, 0.1) is 0 Å². The minimum absolute atomic E-state index is 0.0331. The van der Waals surface area contributed by atoms with Gasteiger partial charge in [-0.2, -0.15) is 0 Å². The summed E-state index contributed by atoms with van der Waals surface area (Å²) in [6.45, 7) is 25.0. The molecule has 4 aromatic carbocycles. The molecule has 0 saturated heterocycles. The molecule has 0 aromatic heterocycles. The highest BCUT2D eigenvalue weighted by atomic mass is 31.2. The van der Waals surface area contributed by atoms with E-state index in [0.717, 1.165) is 22.3 Å². The fraction of sp³-hybridized carbons (Fsp3) is 0.400. The normalized spacial score (nSPS) is 11.3. The third kappa shape index (κ3) is 17.5. The molecule has 0 saturated carbocycles. The number of phenolic OH excluding ortho intramolecular Hbond substituents is 4. The largest absolute Gasteiger partial charge is 0.508 e. The fourth-order valence-corrected chi connectivity index (χ4v) is 4.43. The minimum atomic E-state index is -2.62. The Labute approximate surface area is 290 Å². The number of hydrogen-bond donors (Lipinski definition) is 7. The number of phenols is 4. The molecule has 4 aromatic rings. The van der Waals surface area contributed by atoms with Gasteiger partial charge in [-0.25, -0.2) is 0 Å². The molecule has 0 aliphatic heterocycles. The van der Waals surface area contributed by atoms with Crippen molar-refractivity contribution >= 4 is 8.60 Å². The average Bonchev–Trinajstić information content (AvgIpc) is 2.92. The maximum Gasteiger partial charge on any atom is 0.324 e. The molecule has 0 unspecified atom stereocenters. The van der Waals surface area contributed by atoms with Crippen LogP contribution in [0.1, 0.15) is 105 Å². The summed E-state index contributed by atoms with van der Waals surface area (Å²) >= 11 is 0. The van der Waals surface area contributed by atoms with Gasteiger partial charge in [0.15, 0.2) is 0 Å². The van der Waals surface area contributed by atoms with Gasteiger partial charge in [-0.3, -0.25) is 0 Å². The molecule has 266 valence electrons. The Morgan fingerprint density at radius 1 is 0.312 bits per heavy atom. The van der Waals surface area contributed by atoms with E-state index in [9.17, 15) is 20.4 Å². The summed E-state index contributed by atoms with van der Waals surface area (Å²) in [5, 5.41) is 37.8. The van der Waals surface area contributed by atoms with E-state index in [0.29, 0.717) is 23.0 Å². The van der Waals surface area contributed by atoms with Crippen molar-refractivity contribution in [1.29, 1.82) is 0 Å². The first-order chi connectivity index (χ1) is 21.8. The Morgan fingerprint density at radius 3 is 0.521 bits per heavy atom. The lowest BCUT2D eigenvalue weighted by molar-refractivity contribution is 0.368. The van der Waals surface area contributed by atoms with Crippen molar-refractivity contribution in [2.75, 3.05) is 0 Å². The first-order valence-corrected chi connectivity index (χ1v) is 17.0. The van der Waals surface area contributed by atoms with Crippen molar-refractivity contribution in [3.63, 3.8) is 0 Å². The van der Waals surface area contributed by atoms with E-state index >= 15 is 0 Å². The molecule has 7 N–H and O–H groups in total. The van der Waals surface area contributed by atoms with E-state index in [2.05, 4.69) is 83.1 Å². The summed E-state index contributed by atoms with van der Waals surface area (Å²) in [5.41, 5.74) is 4.13. The van der Waals surface area contributed by atoms with Gasteiger partial charge in [-0.05, 0) is 68.2 Å². The van der Waals surface area contributed by atoms with Gasteiger partial charge in [0.25, 0.3) is 0 Å². The molecule has 4 rings (SSSR count). The second-order valence-electron chi connectivity index (χ2n) is 15.3. The molecule has 0 radical (unpaired) electrons. The molecule has 0 aliphatic carbocycles. The van der Waals surface area contributed by atoms with Gasteiger partial charge in [0, 0.05) is 0 Å². The number of benzene rings is 4. The average molecular weight is 683 g/mol. The number of rotatable bonds is 0. The van der Waals surface area contributed by atoms with Gasteiger partial charge in [0.2, 0.25) is 0 Å². The SMILES string of the molecule is CC(C)(C)c1ccccc1O.CC(C)(C)c1ccccc1O.CC(C)(C)c1ccccc1O.CC(C)(C)c1ccccc1O.OP(O)O. The highest BCUT2D eigenvalue weighted by Gasteiger charge is 2.18. The van der Waals surface area contributed by atoms with Crippen LogP contribution >= 0.6 is 8.60 Å². The topological polar surface area (TPSA) is 142 Å². The maximum atomic E-state index is 9.45. The number of aromatic hydroxyl groups is 4. The lowest BCUT2D eigenvalue weighted by atomic mass is 9.86. The zero-order chi connectivity index (χ0) is 37.5. The van der Waals surface area contributed by atoms with Gasteiger partial charge in [-0.1, -0.05) is 156 Å². The second-order valence-corrected chi connectivity index (χ2v) is 15.9. The molecule has 0 bridgehead atoms. The molecule has 0 atom stereocenters. The first-order valence-electron chi connectivity index (χ1n) is 15.8. The van der Waals surface area contributed by atoms with Crippen molar-refractivity contribution in [2.24, 2.45) is 0 Å². The van der Waals surface area contributed by atoms with Crippen LogP contribution in [0.2, 0.25) is 0 Å². The maximum absolute atomic E-state index is 9.45.